The van der Waals surface area contributed by atoms with E-state index in [0.717, 1.165) is 54.9 Å². The first-order chi connectivity index (χ1) is 27.7. The van der Waals surface area contributed by atoms with Crippen molar-refractivity contribution >= 4 is 77.9 Å². The van der Waals surface area contributed by atoms with E-state index >= 15 is 0 Å². The van der Waals surface area contributed by atoms with E-state index in [2.05, 4.69) is 78.3 Å². The summed E-state index contributed by atoms with van der Waals surface area (Å²) >= 11 is 7.86. The molecule has 1 aliphatic rings. The van der Waals surface area contributed by atoms with Crippen LogP contribution < -0.4 is 14.9 Å². The number of piperazine rings is 1. The highest BCUT2D eigenvalue weighted by Crippen LogP contribution is 2.35. The number of sulfonamides is 1. The lowest BCUT2D eigenvalue weighted by Gasteiger charge is -2.36. The van der Waals surface area contributed by atoms with E-state index in [-0.39, 0.29) is 22.1 Å². The molecule has 7 aromatic rings. The van der Waals surface area contributed by atoms with Gasteiger partial charge in [0, 0.05) is 72.1 Å². The fourth-order valence-electron chi connectivity index (χ4n) is 7.17. The van der Waals surface area contributed by atoms with E-state index in [1.165, 1.54) is 40.4 Å². The standard InChI is InChI=1S/C43H38ClN7O4S2/c44-33-14-12-31(13-15-33)42-32(11-10-30-6-4-5-9-37(30)42)28-49-21-23-50(24-22-49)34-16-18-38-40(26-34)46-29-47-43(38)48-57(54,55)36-17-19-39(41(27-36)51(52)53)45-20-25-56-35-7-2-1-3-8-35/h1-19,26-27,29,45H,20-25,28H2,(H,46,47,48). The van der Waals surface area contributed by atoms with Gasteiger partial charge in [-0.05, 0) is 82.1 Å². The van der Waals surface area contributed by atoms with Gasteiger partial charge in [-0.3, -0.25) is 19.7 Å². The van der Waals surface area contributed by atoms with Gasteiger partial charge in [0.15, 0.2) is 5.82 Å². The van der Waals surface area contributed by atoms with Gasteiger partial charge in [-0.25, -0.2) is 18.4 Å². The molecule has 288 valence electrons. The molecule has 1 aromatic heterocycles. The van der Waals surface area contributed by atoms with E-state index < -0.39 is 14.9 Å². The Bertz CT molecular complexity index is 2680. The molecule has 1 saturated heterocycles. The van der Waals surface area contributed by atoms with Crippen molar-refractivity contribution in [1.29, 1.82) is 0 Å². The van der Waals surface area contributed by atoms with Gasteiger partial charge < -0.3 is 10.2 Å². The average Bonchev–Trinajstić information content (AvgIpc) is 3.23. The summed E-state index contributed by atoms with van der Waals surface area (Å²) in [7, 11) is -4.23. The molecule has 14 heteroatoms. The summed E-state index contributed by atoms with van der Waals surface area (Å²) in [4.78, 5) is 25.7. The monoisotopic (exact) mass is 815 g/mol. The van der Waals surface area contributed by atoms with Crippen molar-refractivity contribution in [3.63, 3.8) is 0 Å². The van der Waals surface area contributed by atoms with Crippen LogP contribution in [0.25, 0.3) is 32.8 Å². The average molecular weight is 816 g/mol. The number of nitro groups is 1. The molecule has 0 saturated carbocycles. The summed E-state index contributed by atoms with van der Waals surface area (Å²) < 4.78 is 29.7. The Kier molecular flexibility index (Phi) is 11.2. The van der Waals surface area contributed by atoms with Crippen LogP contribution in [0.4, 0.5) is 22.9 Å². The molecule has 0 bridgehead atoms. The highest BCUT2D eigenvalue weighted by atomic mass is 35.5. The van der Waals surface area contributed by atoms with E-state index in [9.17, 15) is 18.5 Å². The zero-order valence-corrected chi connectivity index (χ0v) is 33.1. The van der Waals surface area contributed by atoms with Crippen LogP contribution in [-0.4, -0.2) is 66.7 Å². The predicted molar refractivity (Wildman–Crippen MR) is 231 cm³/mol. The number of nitro benzene ring substituents is 1. The second-order valence-electron chi connectivity index (χ2n) is 13.6. The number of fused-ring (bicyclic) bond motifs is 2. The second kappa shape index (κ2) is 16.8. The summed E-state index contributed by atoms with van der Waals surface area (Å²) in [5.41, 5.74) is 5.08. The molecule has 0 radical (unpaired) electrons. The normalized spacial score (nSPS) is 13.5. The molecular weight excluding hydrogens is 778 g/mol. The van der Waals surface area contributed by atoms with E-state index in [1.807, 2.05) is 60.7 Å². The van der Waals surface area contributed by atoms with Gasteiger partial charge >= 0.3 is 0 Å². The van der Waals surface area contributed by atoms with E-state index in [1.54, 1.807) is 11.8 Å². The van der Waals surface area contributed by atoms with Crippen molar-refractivity contribution in [1.82, 2.24) is 14.9 Å². The number of halogens is 1. The van der Waals surface area contributed by atoms with E-state index in [4.69, 9.17) is 11.6 Å². The molecule has 0 atom stereocenters. The second-order valence-corrected chi connectivity index (χ2v) is 16.9. The van der Waals surface area contributed by atoms with E-state index in [0.29, 0.717) is 28.2 Å². The quantitative estimate of drug-likeness (QED) is 0.0502. The molecule has 2 heterocycles. The first-order valence-electron chi connectivity index (χ1n) is 18.4. The number of nitrogens with zero attached hydrogens (tertiary/aromatic N) is 5. The first-order valence-corrected chi connectivity index (χ1v) is 21.3. The Balaban J connectivity index is 0.936. The number of benzene rings is 6. The maximum atomic E-state index is 13.6. The Labute approximate surface area is 339 Å². The third kappa shape index (κ3) is 8.66. The van der Waals surface area contributed by atoms with Crippen LogP contribution in [0, 0.1) is 10.1 Å². The van der Waals surface area contributed by atoms with Crippen LogP contribution in [0.5, 0.6) is 0 Å². The molecule has 6 aromatic carbocycles. The summed E-state index contributed by atoms with van der Waals surface area (Å²) in [6.45, 7) is 4.57. The number of nitrogens with one attached hydrogen (secondary N) is 2. The molecule has 0 unspecified atom stereocenters. The van der Waals surface area contributed by atoms with Crippen molar-refractivity contribution in [2.45, 2.75) is 16.3 Å². The van der Waals surface area contributed by atoms with Gasteiger partial charge in [-0.15, -0.1) is 11.8 Å². The minimum Gasteiger partial charge on any atom is -0.379 e. The molecule has 0 spiro atoms. The van der Waals surface area contributed by atoms with Gasteiger partial charge in [-0.2, -0.15) is 0 Å². The highest BCUT2D eigenvalue weighted by Gasteiger charge is 2.24. The lowest BCUT2D eigenvalue weighted by atomic mass is 9.93. The number of hydrogen-bond acceptors (Lipinski definition) is 10. The molecule has 57 heavy (non-hydrogen) atoms. The Morgan fingerprint density at radius 3 is 2.37 bits per heavy atom. The smallest absolute Gasteiger partial charge is 0.293 e. The highest BCUT2D eigenvalue weighted by molar-refractivity contribution is 7.99. The van der Waals surface area contributed by atoms with Crippen molar-refractivity contribution in [2.24, 2.45) is 0 Å². The fourth-order valence-corrected chi connectivity index (χ4v) is 9.14. The maximum Gasteiger partial charge on any atom is 0.293 e. The molecule has 8 rings (SSSR count). The van der Waals surface area contributed by atoms with Gasteiger partial charge in [0.25, 0.3) is 15.7 Å². The lowest BCUT2D eigenvalue weighted by molar-refractivity contribution is -0.384. The summed E-state index contributed by atoms with van der Waals surface area (Å²) in [5, 5.41) is 18.7. The third-order valence-corrected chi connectivity index (χ3v) is 12.6. The zero-order chi connectivity index (χ0) is 39.4. The number of anilines is 3. The number of aromatic nitrogens is 2. The molecule has 1 fully saturated rings. The SMILES string of the molecule is O=[N+]([O-])c1cc(S(=O)(=O)Nc2ncnc3cc(N4CCN(Cc5ccc6ccccc6c5-c5ccc(Cl)cc5)CC4)ccc23)ccc1NCCSc1ccccc1. The fraction of sp³-hybridized carbons (Fsp3) is 0.163. The van der Waals surface area contributed by atoms with Crippen molar-refractivity contribution < 1.29 is 13.3 Å². The largest absolute Gasteiger partial charge is 0.379 e. The zero-order valence-electron chi connectivity index (χ0n) is 30.7. The first kappa shape index (κ1) is 38.2. The number of thioether (sulfide) groups is 1. The molecule has 0 aliphatic carbocycles. The maximum absolute atomic E-state index is 13.6. The van der Waals surface area contributed by atoms with Gasteiger partial charge in [0.1, 0.15) is 12.0 Å². The third-order valence-electron chi connectivity index (χ3n) is 10.0. The van der Waals surface area contributed by atoms with Gasteiger partial charge in [0.2, 0.25) is 0 Å². The number of hydrogen-bond donors (Lipinski definition) is 2. The van der Waals surface area contributed by atoms with Crippen LogP contribution >= 0.6 is 23.4 Å². The van der Waals surface area contributed by atoms with Crippen molar-refractivity contribution in [2.75, 3.05) is 53.4 Å². The van der Waals surface area contributed by atoms with Gasteiger partial charge in [-0.1, -0.05) is 78.3 Å². The molecule has 0 amide bonds. The van der Waals surface area contributed by atoms with Crippen LogP contribution in [0.2, 0.25) is 5.02 Å². The van der Waals surface area contributed by atoms with Crippen LogP contribution in [0.15, 0.2) is 144 Å². The minimum absolute atomic E-state index is 0.0889. The molecule has 11 nitrogen and oxygen atoms in total. The Hall–Kier alpha value is -5.73. The summed E-state index contributed by atoms with van der Waals surface area (Å²) in [5.74, 6) is 0.756. The van der Waals surface area contributed by atoms with Gasteiger partial charge in [0.05, 0.1) is 15.3 Å². The van der Waals surface area contributed by atoms with Crippen LogP contribution in [0.1, 0.15) is 5.56 Å². The lowest BCUT2D eigenvalue weighted by Crippen LogP contribution is -2.46. The predicted octanol–water partition coefficient (Wildman–Crippen LogP) is 9.34. The Morgan fingerprint density at radius 1 is 0.807 bits per heavy atom. The van der Waals surface area contributed by atoms with Crippen molar-refractivity contribution in [3.8, 4) is 11.1 Å². The minimum atomic E-state index is -4.23. The van der Waals surface area contributed by atoms with Crippen molar-refractivity contribution in [3.05, 3.63) is 154 Å². The number of rotatable bonds is 13. The summed E-state index contributed by atoms with van der Waals surface area (Å²) in [6.07, 6.45) is 1.31. The van der Waals surface area contributed by atoms with Crippen LogP contribution in [-0.2, 0) is 16.6 Å². The van der Waals surface area contributed by atoms with Crippen LogP contribution in [0.3, 0.4) is 0 Å². The molecule has 2 N–H and O–H groups in total. The summed E-state index contributed by atoms with van der Waals surface area (Å²) in [6, 6.07) is 40.3. The molecular formula is C43H38ClN7O4S2. The Morgan fingerprint density at radius 2 is 1.58 bits per heavy atom. The molecule has 1 aliphatic heterocycles. The topological polar surface area (TPSA) is 134 Å².